The fourth-order valence-corrected chi connectivity index (χ4v) is 5.29. The highest BCUT2D eigenvalue weighted by Gasteiger charge is 2.45. The Bertz CT molecular complexity index is 795. The molecule has 0 radical (unpaired) electrons. The number of hydrogen-bond acceptors (Lipinski definition) is 5. The van der Waals surface area contributed by atoms with E-state index >= 15 is 0 Å². The molecule has 1 saturated heterocycles. The van der Waals surface area contributed by atoms with E-state index in [1.807, 2.05) is 26.8 Å². The van der Waals surface area contributed by atoms with Crippen molar-refractivity contribution < 1.29 is 24.1 Å². The monoisotopic (exact) mass is 470 g/mol. The van der Waals surface area contributed by atoms with Crippen molar-refractivity contribution in [3.05, 3.63) is 36.0 Å². The number of fused-ring (bicyclic) bond motifs is 1. The van der Waals surface area contributed by atoms with Crippen LogP contribution in [-0.2, 0) is 19.0 Å². The number of carbonyl (C=O) groups excluding carboxylic acids is 1. The average molecular weight is 471 g/mol. The minimum absolute atomic E-state index is 0.0986. The minimum Gasteiger partial charge on any atom is -0.466 e. The fourth-order valence-electron chi connectivity index (χ4n) is 5.29. The number of hydrogen-bond donors (Lipinski definition) is 1. The molecule has 5 heteroatoms. The van der Waals surface area contributed by atoms with Crippen LogP contribution in [-0.4, -0.2) is 42.8 Å². The summed E-state index contributed by atoms with van der Waals surface area (Å²) in [5.41, 5.74) is 1.33. The minimum atomic E-state index is -0.511. The van der Waals surface area contributed by atoms with Crippen molar-refractivity contribution in [1.82, 2.24) is 0 Å². The van der Waals surface area contributed by atoms with Gasteiger partial charge in [0.15, 0.2) is 6.29 Å². The summed E-state index contributed by atoms with van der Waals surface area (Å²) in [6, 6.07) is 0. The van der Waals surface area contributed by atoms with Gasteiger partial charge in [-0.3, -0.25) is 4.79 Å². The van der Waals surface area contributed by atoms with Gasteiger partial charge in [-0.25, -0.2) is 0 Å². The second kappa shape index (κ2) is 13.9. The maximum absolute atomic E-state index is 11.5. The molecule has 7 atom stereocenters. The lowest BCUT2D eigenvalue weighted by atomic mass is 9.88. The number of carbonyl (C=O) groups is 1. The van der Waals surface area contributed by atoms with Crippen LogP contribution in [0.1, 0.15) is 72.1 Å². The highest BCUT2D eigenvalue weighted by atomic mass is 16.7. The van der Waals surface area contributed by atoms with Gasteiger partial charge in [0.2, 0.25) is 0 Å². The van der Waals surface area contributed by atoms with Gasteiger partial charge in [-0.05, 0) is 70.1 Å². The van der Waals surface area contributed by atoms with Gasteiger partial charge in [-0.1, -0.05) is 42.9 Å². The molecule has 2 fully saturated rings. The molecule has 3 aliphatic rings. The molecule has 3 unspecified atom stereocenters. The molecule has 0 aromatic heterocycles. The maximum Gasteiger partial charge on any atom is 0.306 e. The van der Waals surface area contributed by atoms with Crippen molar-refractivity contribution in [3.8, 4) is 11.8 Å². The first-order valence-electron chi connectivity index (χ1n) is 13.1. The molecule has 5 nitrogen and oxygen atoms in total. The predicted octanol–water partition coefficient (Wildman–Crippen LogP) is 5.35. The van der Waals surface area contributed by atoms with Gasteiger partial charge in [0.05, 0.1) is 18.8 Å². The van der Waals surface area contributed by atoms with E-state index in [1.165, 1.54) is 5.57 Å². The molecule has 0 aromatic carbocycles. The van der Waals surface area contributed by atoms with Gasteiger partial charge in [0.25, 0.3) is 0 Å². The normalized spacial score (nSPS) is 30.6. The molecule has 1 N–H and O–H groups in total. The van der Waals surface area contributed by atoms with Crippen molar-refractivity contribution in [1.29, 1.82) is 0 Å². The summed E-state index contributed by atoms with van der Waals surface area (Å²) in [6.45, 7) is 6.91. The summed E-state index contributed by atoms with van der Waals surface area (Å²) in [5.74, 6) is 7.12. The molecule has 1 heterocycles. The van der Waals surface area contributed by atoms with E-state index in [0.717, 1.165) is 38.7 Å². The molecule has 34 heavy (non-hydrogen) atoms. The van der Waals surface area contributed by atoms with Crippen molar-refractivity contribution in [2.24, 2.45) is 23.7 Å². The summed E-state index contributed by atoms with van der Waals surface area (Å²) in [7, 11) is 0. The smallest absolute Gasteiger partial charge is 0.306 e. The highest BCUT2D eigenvalue weighted by Crippen LogP contribution is 2.49. The topological polar surface area (TPSA) is 65.0 Å². The van der Waals surface area contributed by atoms with E-state index in [0.29, 0.717) is 37.7 Å². The van der Waals surface area contributed by atoms with Crippen LogP contribution in [0.4, 0.5) is 0 Å². The van der Waals surface area contributed by atoms with E-state index in [1.54, 1.807) is 0 Å². The quantitative estimate of drug-likeness (QED) is 0.251. The maximum atomic E-state index is 11.5. The molecular weight excluding hydrogens is 428 g/mol. The number of aliphatic hydroxyl groups excluding tert-OH is 1. The first-order valence-corrected chi connectivity index (χ1v) is 13.1. The van der Waals surface area contributed by atoms with Crippen molar-refractivity contribution in [2.45, 2.75) is 90.6 Å². The number of aliphatic hydroxyl groups is 1. The zero-order valence-corrected chi connectivity index (χ0v) is 21.1. The second-order valence-corrected chi connectivity index (χ2v) is 9.79. The largest absolute Gasteiger partial charge is 0.466 e. The predicted molar refractivity (Wildman–Crippen MR) is 134 cm³/mol. The molecule has 2 aliphatic carbocycles. The highest BCUT2D eigenvalue weighted by molar-refractivity contribution is 5.69. The lowest BCUT2D eigenvalue weighted by molar-refractivity contribution is -0.192. The number of ether oxygens (including phenoxy) is 3. The first-order chi connectivity index (χ1) is 16.5. The lowest BCUT2D eigenvalue weighted by Crippen LogP contribution is -2.31. The van der Waals surface area contributed by atoms with Crippen LogP contribution in [0.5, 0.6) is 0 Å². The molecular formula is C29H42O5. The summed E-state index contributed by atoms with van der Waals surface area (Å²) < 4.78 is 17.3. The summed E-state index contributed by atoms with van der Waals surface area (Å²) in [4.78, 5) is 11.5. The third-order valence-corrected chi connectivity index (χ3v) is 7.21. The van der Waals surface area contributed by atoms with Gasteiger partial charge in [0.1, 0.15) is 0 Å². The van der Waals surface area contributed by atoms with Crippen LogP contribution in [0, 0.1) is 35.5 Å². The summed E-state index contributed by atoms with van der Waals surface area (Å²) in [5, 5.41) is 10.6. The molecule has 0 amide bonds. The van der Waals surface area contributed by atoms with Gasteiger partial charge in [-0.2, -0.15) is 0 Å². The molecule has 0 spiro atoms. The van der Waals surface area contributed by atoms with Crippen molar-refractivity contribution in [2.75, 3.05) is 13.2 Å². The van der Waals surface area contributed by atoms with Crippen LogP contribution in [0.25, 0.3) is 0 Å². The molecule has 0 aromatic rings. The van der Waals surface area contributed by atoms with Gasteiger partial charge in [-0.15, -0.1) is 11.8 Å². The number of allylic oxidation sites excluding steroid dienone is 4. The van der Waals surface area contributed by atoms with Crippen LogP contribution in [0.2, 0.25) is 0 Å². The summed E-state index contributed by atoms with van der Waals surface area (Å²) in [6.07, 6.45) is 17.3. The number of esters is 1. The molecule has 3 rings (SSSR count). The Hall–Kier alpha value is -1.87. The van der Waals surface area contributed by atoms with Crippen molar-refractivity contribution >= 4 is 5.97 Å². The van der Waals surface area contributed by atoms with Crippen molar-refractivity contribution in [3.63, 3.8) is 0 Å². The zero-order chi connectivity index (χ0) is 24.3. The first kappa shape index (κ1) is 26.7. The average Bonchev–Trinajstić information content (AvgIpc) is 3.36. The fraction of sp³-hybridized carbons (Fsp3) is 0.690. The van der Waals surface area contributed by atoms with Gasteiger partial charge >= 0.3 is 5.97 Å². The Morgan fingerprint density at radius 1 is 1.38 bits per heavy atom. The molecule has 1 aliphatic heterocycles. The van der Waals surface area contributed by atoms with Crippen LogP contribution in [0.15, 0.2) is 36.0 Å². The standard InChI is InChI=1S/C29H42O5/c1-4-6-11-21(3)26(30)16-15-24-25-19-22(12-7-8-13-28(31)32-5-2)18-23(25)20-27(24)34-29-14-9-10-17-33-29/h7,12,15-16,18,21,23-27,29-30H,5,8-11,13-14,17,19-20H2,1-3H3/t21?,23-,24-,25+,26?,27+,29?/m0/s1. The van der Waals surface area contributed by atoms with E-state index in [9.17, 15) is 9.90 Å². The van der Waals surface area contributed by atoms with E-state index in [-0.39, 0.29) is 30.2 Å². The van der Waals surface area contributed by atoms with Gasteiger partial charge < -0.3 is 19.3 Å². The third-order valence-electron chi connectivity index (χ3n) is 7.21. The van der Waals surface area contributed by atoms with Crippen LogP contribution >= 0.6 is 0 Å². The molecule has 188 valence electrons. The lowest BCUT2D eigenvalue weighted by Gasteiger charge is -2.29. The molecule has 1 saturated carbocycles. The van der Waals surface area contributed by atoms with E-state index in [4.69, 9.17) is 14.2 Å². The van der Waals surface area contributed by atoms with Gasteiger partial charge in [0, 0.05) is 25.4 Å². The Morgan fingerprint density at radius 3 is 2.97 bits per heavy atom. The second-order valence-electron chi connectivity index (χ2n) is 9.79. The van der Waals surface area contributed by atoms with Crippen LogP contribution in [0.3, 0.4) is 0 Å². The zero-order valence-electron chi connectivity index (χ0n) is 21.1. The van der Waals surface area contributed by atoms with E-state index in [2.05, 4.69) is 36.1 Å². The number of rotatable bonds is 11. The Kier molecular flexibility index (Phi) is 10.9. The Labute approximate surface area is 205 Å². The third kappa shape index (κ3) is 7.83. The Morgan fingerprint density at radius 2 is 2.24 bits per heavy atom. The van der Waals surface area contributed by atoms with E-state index < -0.39 is 6.10 Å². The van der Waals surface area contributed by atoms with Crippen LogP contribution < -0.4 is 0 Å². The molecule has 0 bridgehead atoms. The summed E-state index contributed by atoms with van der Waals surface area (Å²) >= 11 is 0. The Balaban J connectivity index is 1.62. The SMILES string of the molecule is CC#CCC(C)C(O)C=C[C@H]1[C@@H]2CC(C=CCCC(=O)OCC)=C[C@H]2C[C@H]1OC1CCCCO1.